The topological polar surface area (TPSA) is 95.5 Å². The number of carbonyl (C=O) groups excluding carboxylic acids is 1. The zero-order valence-corrected chi connectivity index (χ0v) is 11.1. The van der Waals surface area contributed by atoms with Gasteiger partial charge in [-0.05, 0) is 12.1 Å². The highest BCUT2D eigenvalue weighted by atomic mass is 79.9. The van der Waals surface area contributed by atoms with Crippen molar-refractivity contribution in [1.29, 1.82) is 0 Å². The Hall–Kier alpha value is -1.89. The fourth-order valence-electron chi connectivity index (χ4n) is 1.36. The highest BCUT2D eigenvalue weighted by Crippen LogP contribution is 2.24. The molecule has 1 rings (SSSR count). The van der Waals surface area contributed by atoms with Gasteiger partial charge < -0.3 is 10.5 Å². The lowest BCUT2D eigenvalue weighted by Crippen LogP contribution is -2.07. The molecule has 0 aliphatic rings. The number of hydrogen-bond donors (Lipinski definition) is 1. The second-order valence-electron chi connectivity index (χ2n) is 3.45. The number of carbonyl (C=O) groups is 1. The quantitative estimate of drug-likeness (QED) is 0.396. The van der Waals surface area contributed by atoms with Gasteiger partial charge in [-0.1, -0.05) is 15.9 Å². The van der Waals surface area contributed by atoms with E-state index in [0.29, 0.717) is 10.0 Å². The fraction of sp³-hybridized carbons (Fsp3) is 0.182. The van der Waals surface area contributed by atoms with Gasteiger partial charge in [0.1, 0.15) is 0 Å². The lowest BCUT2D eigenvalue weighted by molar-refractivity contribution is -0.385. The Kier molecular flexibility index (Phi) is 4.85. The van der Waals surface area contributed by atoms with Crippen molar-refractivity contribution in [2.75, 3.05) is 7.11 Å². The molecule has 0 aromatic heterocycles. The molecule has 0 saturated heterocycles. The van der Waals surface area contributed by atoms with Crippen molar-refractivity contribution in [3.63, 3.8) is 0 Å². The Bertz CT molecular complexity index is 514. The third kappa shape index (κ3) is 3.85. The Labute approximate surface area is 112 Å². The number of rotatable bonds is 4. The van der Waals surface area contributed by atoms with Crippen molar-refractivity contribution in [1.82, 2.24) is 0 Å². The Morgan fingerprint density at radius 2 is 2.28 bits per heavy atom. The molecule has 0 aliphatic heterocycles. The molecule has 0 atom stereocenters. The SMILES string of the molecule is COC(=O)/C=C(\N)Cc1cc(Br)ccc1[N+](=O)[O-]. The van der Waals surface area contributed by atoms with Crippen molar-refractivity contribution in [3.8, 4) is 0 Å². The van der Waals surface area contributed by atoms with Crippen LogP contribution in [0.15, 0.2) is 34.4 Å². The number of benzene rings is 1. The van der Waals surface area contributed by atoms with E-state index in [9.17, 15) is 14.9 Å². The molecular weight excluding hydrogens is 304 g/mol. The maximum atomic E-state index is 11.0. The average molecular weight is 315 g/mol. The predicted octanol–water partition coefficient (Wildman–Crippen LogP) is 1.92. The summed E-state index contributed by atoms with van der Waals surface area (Å²) in [4.78, 5) is 21.3. The first-order valence-electron chi connectivity index (χ1n) is 4.91. The zero-order valence-electron chi connectivity index (χ0n) is 9.55. The first-order chi connectivity index (χ1) is 8.43. The summed E-state index contributed by atoms with van der Waals surface area (Å²) in [6.07, 6.45) is 1.20. The molecule has 0 heterocycles. The molecule has 18 heavy (non-hydrogen) atoms. The molecule has 7 heteroatoms. The van der Waals surface area contributed by atoms with Crippen LogP contribution in [0, 0.1) is 10.1 Å². The van der Waals surface area contributed by atoms with Crippen LogP contribution >= 0.6 is 15.9 Å². The van der Waals surface area contributed by atoms with Gasteiger partial charge in [0.25, 0.3) is 5.69 Å². The van der Waals surface area contributed by atoms with E-state index >= 15 is 0 Å². The molecule has 2 N–H and O–H groups in total. The second kappa shape index (κ2) is 6.15. The van der Waals surface area contributed by atoms with Crippen LogP contribution in [0.4, 0.5) is 5.69 Å². The molecule has 1 aromatic carbocycles. The summed E-state index contributed by atoms with van der Waals surface area (Å²) in [6, 6.07) is 4.54. The molecule has 0 spiro atoms. The molecule has 0 amide bonds. The fourth-order valence-corrected chi connectivity index (χ4v) is 1.76. The van der Waals surface area contributed by atoms with Crippen molar-refractivity contribution >= 4 is 27.6 Å². The minimum absolute atomic E-state index is 0.0422. The number of nitro benzene ring substituents is 1. The average Bonchev–Trinajstić information content (AvgIpc) is 2.28. The van der Waals surface area contributed by atoms with E-state index in [2.05, 4.69) is 20.7 Å². The standard InChI is InChI=1S/C11H11BrN2O4/c1-18-11(15)6-9(13)5-7-4-8(12)2-3-10(7)14(16)17/h2-4,6H,5,13H2,1H3/b9-6-. The summed E-state index contributed by atoms with van der Waals surface area (Å²) >= 11 is 3.23. The highest BCUT2D eigenvalue weighted by Gasteiger charge is 2.14. The van der Waals surface area contributed by atoms with Gasteiger partial charge in [-0.2, -0.15) is 0 Å². The first-order valence-corrected chi connectivity index (χ1v) is 5.70. The van der Waals surface area contributed by atoms with E-state index in [1.807, 2.05) is 0 Å². The van der Waals surface area contributed by atoms with Gasteiger partial charge in [-0.3, -0.25) is 10.1 Å². The molecule has 96 valence electrons. The first kappa shape index (κ1) is 14.2. The van der Waals surface area contributed by atoms with Crippen molar-refractivity contribution in [2.45, 2.75) is 6.42 Å². The maximum absolute atomic E-state index is 11.0. The van der Waals surface area contributed by atoms with Crippen LogP contribution in [0.3, 0.4) is 0 Å². The van der Waals surface area contributed by atoms with E-state index in [0.717, 1.165) is 6.08 Å². The number of esters is 1. The molecule has 0 radical (unpaired) electrons. The minimum atomic E-state index is -0.592. The zero-order chi connectivity index (χ0) is 13.7. The third-order valence-corrected chi connectivity index (χ3v) is 2.63. The van der Waals surface area contributed by atoms with Gasteiger partial charge in [-0.15, -0.1) is 0 Å². The number of halogens is 1. The van der Waals surface area contributed by atoms with E-state index in [-0.39, 0.29) is 17.8 Å². The normalized spacial score (nSPS) is 11.1. The Morgan fingerprint density at radius 1 is 1.61 bits per heavy atom. The molecule has 1 aromatic rings. The van der Waals surface area contributed by atoms with Crippen LogP contribution < -0.4 is 5.73 Å². The third-order valence-electron chi connectivity index (χ3n) is 2.14. The molecular formula is C11H11BrN2O4. The molecule has 0 fully saturated rings. The molecule has 0 unspecified atom stereocenters. The summed E-state index contributed by atoms with van der Waals surface area (Å²) in [5, 5.41) is 10.8. The van der Waals surface area contributed by atoms with Gasteiger partial charge in [0.15, 0.2) is 0 Å². The number of ether oxygens (including phenoxy) is 1. The van der Waals surface area contributed by atoms with Gasteiger partial charge >= 0.3 is 5.97 Å². The molecule has 0 bridgehead atoms. The Morgan fingerprint density at radius 3 is 2.83 bits per heavy atom. The van der Waals surface area contributed by atoms with Crippen LogP contribution in [0.5, 0.6) is 0 Å². The van der Waals surface area contributed by atoms with Crippen molar-refractivity contribution in [2.24, 2.45) is 5.73 Å². The molecule has 0 saturated carbocycles. The summed E-state index contributed by atoms with van der Waals surface area (Å²) in [5.74, 6) is -0.592. The van der Waals surface area contributed by atoms with E-state index in [1.54, 1.807) is 12.1 Å². The van der Waals surface area contributed by atoms with Gasteiger partial charge in [0.05, 0.1) is 12.0 Å². The van der Waals surface area contributed by atoms with Crippen molar-refractivity contribution in [3.05, 3.63) is 50.1 Å². The highest BCUT2D eigenvalue weighted by molar-refractivity contribution is 9.10. The van der Waals surface area contributed by atoms with Gasteiger partial charge in [-0.25, -0.2) is 4.79 Å². The summed E-state index contributed by atoms with van der Waals surface area (Å²) in [6.45, 7) is 0. The molecule has 6 nitrogen and oxygen atoms in total. The lowest BCUT2D eigenvalue weighted by atomic mass is 10.1. The second-order valence-corrected chi connectivity index (χ2v) is 4.37. The number of hydrogen-bond acceptors (Lipinski definition) is 5. The number of nitro groups is 1. The van der Waals surface area contributed by atoms with E-state index in [1.165, 1.54) is 13.2 Å². The van der Waals surface area contributed by atoms with Crippen LogP contribution in [0.1, 0.15) is 5.56 Å². The number of nitrogens with two attached hydrogens (primary N) is 1. The number of nitrogens with zero attached hydrogens (tertiary/aromatic N) is 1. The van der Waals surface area contributed by atoms with Gasteiger partial charge in [0.2, 0.25) is 0 Å². The van der Waals surface area contributed by atoms with Crippen LogP contribution in [-0.4, -0.2) is 18.0 Å². The van der Waals surface area contributed by atoms with E-state index < -0.39 is 10.9 Å². The lowest BCUT2D eigenvalue weighted by Gasteiger charge is -2.04. The van der Waals surface area contributed by atoms with Gasteiger partial charge in [0, 0.05) is 34.3 Å². The minimum Gasteiger partial charge on any atom is -0.466 e. The monoisotopic (exact) mass is 314 g/mol. The summed E-state index contributed by atoms with van der Waals surface area (Å²) in [7, 11) is 1.23. The Balaban J connectivity index is 3.03. The summed E-state index contributed by atoms with van der Waals surface area (Å²) in [5.41, 5.74) is 6.20. The summed E-state index contributed by atoms with van der Waals surface area (Å²) < 4.78 is 5.12. The van der Waals surface area contributed by atoms with Crippen LogP contribution in [0.25, 0.3) is 0 Å². The van der Waals surface area contributed by atoms with Crippen molar-refractivity contribution < 1.29 is 14.5 Å². The number of allylic oxidation sites excluding steroid dienone is 1. The molecule has 0 aliphatic carbocycles. The number of methoxy groups -OCH3 is 1. The predicted molar refractivity (Wildman–Crippen MR) is 68.8 cm³/mol. The largest absolute Gasteiger partial charge is 0.466 e. The van der Waals surface area contributed by atoms with Crippen LogP contribution in [-0.2, 0) is 16.0 Å². The van der Waals surface area contributed by atoms with E-state index in [4.69, 9.17) is 5.73 Å². The smallest absolute Gasteiger partial charge is 0.332 e. The van der Waals surface area contributed by atoms with Crippen LogP contribution in [0.2, 0.25) is 0 Å². The maximum Gasteiger partial charge on any atom is 0.332 e.